The lowest BCUT2D eigenvalue weighted by Crippen LogP contribution is -1.74. The summed E-state index contributed by atoms with van der Waals surface area (Å²) in [5.74, 6) is 0. The third-order valence-electron chi connectivity index (χ3n) is 1.55. The fraction of sp³-hybridized carbons (Fsp3) is 0.167. The third kappa shape index (κ3) is 2.39. The standard InChI is InChI=1S/C12H13/c1-3-6-11-8-5-9-12(10-11)7-4-2/h3-4,6-10H,1-2H3. The van der Waals surface area contributed by atoms with Crippen LogP contribution in [0, 0.1) is 6.07 Å². The number of hydrogen-bond acceptors (Lipinski definition) is 0. The van der Waals surface area contributed by atoms with Crippen molar-refractivity contribution >= 4 is 12.2 Å². The molecule has 12 heavy (non-hydrogen) atoms. The molecular weight excluding hydrogens is 144 g/mol. The molecule has 0 amide bonds. The number of allylic oxidation sites excluding steroid dienone is 2. The average Bonchev–Trinajstić information content (AvgIpc) is 2.06. The van der Waals surface area contributed by atoms with E-state index in [9.17, 15) is 0 Å². The van der Waals surface area contributed by atoms with Gasteiger partial charge in [0, 0.05) is 0 Å². The van der Waals surface area contributed by atoms with E-state index < -0.39 is 0 Å². The van der Waals surface area contributed by atoms with Crippen molar-refractivity contribution in [3.8, 4) is 0 Å². The van der Waals surface area contributed by atoms with Gasteiger partial charge in [0.05, 0.1) is 0 Å². The maximum Gasteiger partial charge on any atom is -0.0172 e. The van der Waals surface area contributed by atoms with Crippen LogP contribution in [-0.2, 0) is 0 Å². The molecule has 0 nitrogen and oxygen atoms in total. The monoisotopic (exact) mass is 157 g/mol. The van der Waals surface area contributed by atoms with Crippen LogP contribution in [0.2, 0.25) is 0 Å². The second-order valence-electron chi connectivity index (χ2n) is 2.60. The van der Waals surface area contributed by atoms with E-state index in [0.29, 0.717) is 0 Å². The molecule has 0 aliphatic carbocycles. The minimum absolute atomic E-state index is 1.20. The summed E-state index contributed by atoms with van der Waals surface area (Å²) in [7, 11) is 0. The van der Waals surface area contributed by atoms with Crippen LogP contribution >= 0.6 is 0 Å². The third-order valence-corrected chi connectivity index (χ3v) is 1.55. The minimum Gasteiger partial charge on any atom is -0.0871 e. The molecule has 0 aliphatic rings. The Hall–Kier alpha value is -1.30. The molecule has 0 N–H and O–H groups in total. The lowest BCUT2D eigenvalue weighted by molar-refractivity contribution is 1.59. The van der Waals surface area contributed by atoms with Gasteiger partial charge in [0.15, 0.2) is 0 Å². The largest absolute Gasteiger partial charge is 0.0871 e. The van der Waals surface area contributed by atoms with Gasteiger partial charge in [-0.1, -0.05) is 24.3 Å². The Morgan fingerprint density at radius 1 is 1.00 bits per heavy atom. The van der Waals surface area contributed by atoms with Crippen LogP contribution in [0.1, 0.15) is 25.0 Å². The lowest BCUT2D eigenvalue weighted by atomic mass is 10.1. The molecule has 1 rings (SSSR count). The van der Waals surface area contributed by atoms with Gasteiger partial charge >= 0.3 is 0 Å². The minimum atomic E-state index is 1.20. The van der Waals surface area contributed by atoms with Gasteiger partial charge in [-0.25, -0.2) is 0 Å². The Morgan fingerprint density at radius 3 is 1.92 bits per heavy atom. The van der Waals surface area contributed by atoms with Crippen LogP contribution in [0.15, 0.2) is 30.4 Å². The van der Waals surface area contributed by atoms with E-state index in [2.05, 4.69) is 24.3 Å². The quantitative estimate of drug-likeness (QED) is 0.615. The first-order valence-corrected chi connectivity index (χ1v) is 4.13. The van der Waals surface area contributed by atoms with E-state index in [1.54, 1.807) is 0 Å². The van der Waals surface area contributed by atoms with Crippen LogP contribution in [0.5, 0.6) is 0 Å². The Morgan fingerprint density at radius 2 is 1.50 bits per heavy atom. The topological polar surface area (TPSA) is 0 Å². The number of hydrogen-bond donors (Lipinski definition) is 0. The Balaban J connectivity index is 2.95. The van der Waals surface area contributed by atoms with E-state index in [4.69, 9.17) is 0 Å². The zero-order valence-corrected chi connectivity index (χ0v) is 7.54. The highest BCUT2D eigenvalue weighted by molar-refractivity contribution is 5.57. The summed E-state index contributed by atoms with van der Waals surface area (Å²) in [5.41, 5.74) is 2.40. The van der Waals surface area contributed by atoms with Crippen LogP contribution < -0.4 is 0 Å². The van der Waals surface area contributed by atoms with Crippen molar-refractivity contribution in [2.24, 2.45) is 0 Å². The first-order valence-electron chi connectivity index (χ1n) is 4.13. The van der Waals surface area contributed by atoms with Gasteiger partial charge in [0.1, 0.15) is 0 Å². The van der Waals surface area contributed by atoms with Crippen LogP contribution in [0.3, 0.4) is 0 Å². The molecule has 0 heteroatoms. The van der Waals surface area contributed by atoms with Crippen LogP contribution in [0.4, 0.5) is 0 Å². The van der Waals surface area contributed by atoms with Crippen molar-refractivity contribution in [2.45, 2.75) is 13.8 Å². The molecule has 0 atom stereocenters. The van der Waals surface area contributed by atoms with E-state index in [-0.39, 0.29) is 0 Å². The summed E-state index contributed by atoms with van der Waals surface area (Å²) < 4.78 is 0. The fourth-order valence-corrected chi connectivity index (χ4v) is 1.09. The second-order valence-corrected chi connectivity index (χ2v) is 2.60. The predicted molar refractivity (Wildman–Crippen MR) is 54.7 cm³/mol. The molecule has 61 valence electrons. The molecule has 1 aromatic carbocycles. The predicted octanol–water partition coefficient (Wildman–Crippen LogP) is 3.55. The summed E-state index contributed by atoms with van der Waals surface area (Å²) in [6, 6.07) is 9.19. The molecule has 0 spiro atoms. The highest BCUT2D eigenvalue weighted by atomic mass is 13.9. The molecule has 0 fully saturated rings. The van der Waals surface area contributed by atoms with Gasteiger partial charge in [-0.15, -0.1) is 0 Å². The zero-order valence-electron chi connectivity index (χ0n) is 7.54. The lowest BCUT2D eigenvalue weighted by Gasteiger charge is -1.94. The Labute approximate surface area is 74.2 Å². The summed E-state index contributed by atoms with van der Waals surface area (Å²) in [5, 5.41) is 0. The first-order chi connectivity index (χ1) is 5.86. The maximum absolute atomic E-state index is 3.10. The van der Waals surface area contributed by atoms with Gasteiger partial charge in [0.25, 0.3) is 0 Å². The van der Waals surface area contributed by atoms with Crippen molar-refractivity contribution < 1.29 is 0 Å². The van der Waals surface area contributed by atoms with Crippen molar-refractivity contribution in [1.82, 2.24) is 0 Å². The number of benzene rings is 1. The molecule has 0 saturated carbocycles. The molecular formula is C12H13. The van der Waals surface area contributed by atoms with Gasteiger partial charge in [-0.3, -0.25) is 0 Å². The second kappa shape index (κ2) is 4.55. The summed E-state index contributed by atoms with van der Waals surface area (Å²) in [4.78, 5) is 0. The van der Waals surface area contributed by atoms with Gasteiger partial charge in [-0.2, -0.15) is 0 Å². The Kier molecular flexibility index (Phi) is 3.34. The Bertz CT molecular complexity index is 265. The van der Waals surface area contributed by atoms with E-state index in [0.717, 1.165) is 0 Å². The highest BCUT2D eigenvalue weighted by Gasteiger charge is 1.87. The molecule has 1 aromatic rings. The van der Waals surface area contributed by atoms with Gasteiger partial charge < -0.3 is 0 Å². The SMILES string of the molecule is CC=Cc1c[c]cc(C=CC)c1. The molecule has 1 radical (unpaired) electrons. The van der Waals surface area contributed by atoms with Crippen molar-refractivity contribution in [2.75, 3.05) is 0 Å². The first kappa shape index (κ1) is 8.79. The molecule has 0 unspecified atom stereocenters. The van der Waals surface area contributed by atoms with E-state index in [1.165, 1.54) is 11.1 Å². The van der Waals surface area contributed by atoms with Gasteiger partial charge in [-0.05, 0) is 49.2 Å². The smallest absolute Gasteiger partial charge is 0.0172 e. The molecule has 0 heterocycles. The maximum atomic E-state index is 3.10. The van der Waals surface area contributed by atoms with Crippen LogP contribution in [0.25, 0.3) is 12.2 Å². The molecule has 0 aromatic heterocycles. The molecule has 0 saturated heterocycles. The van der Waals surface area contributed by atoms with Crippen LogP contribution in [-0.4, -0.2) is 0 Å². The molecule has 0 aliphatic heterocycles. The summed E-state index contributed by atoms with van der Waals surface area (Å²) >= 11 is 0. The van der Waals surface area contributed by atoms with Gasteiger partial charge in [0.2, 0.25) is 0 Å². The average molecular weight is 157 g/mol. The van der Waals surface area contributed by atoms with Crippen molar-refractivity contribution in [1.29, 1.82) is 0 Å². The summed E-state index contributed by atoms with van der Waals surface area (Å²) in [6.07, 6.45) is 8.21. The summed E-state index contributed by atoms with van der Waals surface area (Å²) in [6.45, 7) is 4.03. The highest BCUT2D eigenvalue weighted by Crippen LogP contribution is 2.07. The van der Waals surface area contributed by atoms with E-state index in [1.807, 2.05) is 38.1 Å². The normalized spacial score (nSPS) is 11.5. The van der Waals surface area contributed by atoms with Crippen molar-refractivity contribution in [3.63, 3.8) is 0 Å². The zero-order chi connectivity index (χ0) is 8.81. The number of rotatable bonds is 2. The van der Waals surface area contributed by atoms with E-state index >= 15 is 0 Å². The fourth-order valence-electron chi connectivity index (χ4n) is 1.09. The molecule has 0 bridgehead atoms. The van der Waals surface area contributed by atoms with Crippen molar-refractivity contribution in [3.05, 3.63) is 47.5 Å².